The van der Waals surface area contributed by atoms with E-state index >= 15 is 0 Å². The van der Waals surface area contributed by atoms with Crippen LogP contribution in [0.2, 0.25) is 0 Å². The van der Waals surface area contributed by atoms with Crippen molar-refractivity contribution in [2.75, 3.05) is 11.5 Å². The number of amides is 1. The van der Waals surface area contributed by atoms with Crippen molar-refractivity contribution < 1.29 is 17.6 Å². The number of nitrogens with zero attached hydrogens (tertiary/aromatic N) is 1. The highest BCUT2D eigenvalue weighted by molar-refractivity contribution is 7.91. The molecule has 1 aromatic heterocycles. The molecule has 2 aromatic carbocycles. The lowest BCUT2D eigenvalue weighted by atomic mass is 10.1. The summed E-state index contributed by atoms with van der Waals surface area (Å²) in [4.78, 5) is 27.3. The Morgan fingerprint density at radius 1 is 1.14 bits per heavy atom. The van der Waals surface area contributed by atoms with Gasteiger partial charge in [-0.1, -0.05) is 48.0 Å². The van der Waals surface area contributed by atoms with Crippen LogP contribution in [0.3, 0.4) is 0 Å². The van der Waals surface area contributed by atoms with Crippen LogP contribution in [-0.4, -0.2) is 36.8 Å². The van der Waals surface area contributed by atoms with E-state index in [4.69, 9.17) is 4.42 Å². The van der Waals surface area contributed by atoms with Gasteiger partial charge < -0.3 is 9.32 Å². The molecule has 6 nitrogen and oxygen atoms in total. The molecule has 0 unspecified atom stereocenters. The molecule has 29 heavy (non-hydrogen) atoms. The Labute approximate surface area is 168 Å². The van der Waals surface area contributed by atoms with Gasteiger partial charge >= 0.3 is 5.63 Å². The first-order valence-electron chi connectivity index (χ1n) is 9.42. The van der Waals surface area contributed by atoms with Crippen LogP contribution in [0.1, 0.15) is 27.9 Å². The Kier molecular flexibility index (Phi) is 5.00. The first-order chi connectivity index (χ1) is 13.8. The minimum absolute atomic E-state index is 0.0433. The van der Waals surface area contributed by atoms with Crippen molar-refractivity contribution in [1.29, 1.82) is 0 Å². The molecule has 1 aliphatic rings. The van der Waals surface area contributed by atoms with Crippen molar-refractivity contribution in [2.45, 2.75) is 25.9 Å². The van der Waals surface area contributed by atoms with E-state index in [-0.39, 0.29) is 23.6 Å². The third kappa shape index (κ3) is 4.10. The van der Waals surface area contributed by atoms with Crippen LogP contribution in [0, 0.1) is 6.92 Å². The van der Waals surface area contributed by atoms with Gasteiger partial charge in [0.05, 0.1) is 11.5 Å². The van der Waals surface area contributed by atoms with Crippen LogP contribution < -0.4 is 5.63 Å². The highest BCUT2D eigenvalue weighted by Gasteiger charge is 2.36. The molecule has 4 rings (SSSR count). The number of sulfone groups is 1. The normalized spacial score (nSPS) is 18.0. The molecule has 0 saturated carbocycles. The van der Waals surface area contributed by atoms with Gasteiger partial charge in [0, 0.05) is 18.0 Å². The highest BCUT2D eigenvalue weighted by atomic mass is 32.2. The quantitative estimate of drug-likeness (QED) is 0.617. The van der Waals surface area contributed by atoms with Crippen LogP contribution in [0.5, 0.6) is 0 Å². The average molecular weight is 411 g/mol. The summed E-state index contributed by atoms with van der Waals surface area (Å²) in [7, 11) is -3.20. The van der Waals surface area contributed by atoms with Gasteiger partial charge in [0.15, 0.2) is 9.84 Å². The van der Waals surface area contributed by atoms with Gasteiger partial charge in [-0.15, -0.1) is 0 Å². The summed E-state index contributed by atoms with van der Waals surface area (Å²) in [5.41, 5.74) is 1.56. The largest absolute Gasteiger partial charge is 0.422 e. The molecule has 1 saturated heterocycles. The fourth-order valence-electron chi connectivity index (χ4n) is 3.64. The van der Waals surface area contributed by atoms with Crippen LogP contribution in [-0.2, 0) is 16.4 Å². The summed E-state index contributed by atoms with van der Waals surface area (Å²) in [5.74, 6) is -0.558. The first kappa shape index (κ1) is 19.4. The number of hydrogen-bond donors (Lipinski definition) is 0. The molecule has 0 radical (unpaired) electrons. The predicted molar refractivity (Wildman–Crippen MR) is 111 cm³/mol. The second kappa shape index (κ2) is 7.48. The van der Waals surface area contributed by atoms with Gasteiger partial charge in [0.1, 0.15) is 11.1 Å². The summed E-state index contributed by atoms with van der Waals surface area (Å²) < 4.78 is 29.4. The summed E-state index contributed by atoms with van der Waals surface area (Å²) in [6.07, 6.45) is 0.360. The van der Waals surface area contributed by atoms with Crippen LogP contribution in [0.25, 0.3) is 11.0 Å². The Bertz CT molecular complexity index is 1230. The summed E-state index contributed by atoms with van der Waals surface area (Å²) in [6, 6.07) is 15.7. The van der Waals surface area contributed by atoms with Gasteiger partial charge in [-0.3, -0.25) is 4.79 Å². The first-order valence-corrected chi connectivity index (χ1v) is 11.2. The van der Waals surface area contributed by atoms with Crippen molar-refractivity contribution in [1.82, 2.24) is 4.90 Å². The summed E-state index contributed by atoms with van der Waals surface area (Å²) in [5, 5.41) is 0.643. The molecule has 1 fully saturated rings. The van der Waals surface area contributed by atoms with Crippen LogP contribution in [0.15, 0.2) is 63.8 Å². The maximum Gasteiger partial charge on any atom is 0.349 e. The molecule has 150 valence electrons. The Balaban J connectivity index is 1.73. The molecule has 0 N–H and O–H groups in total. The standard InChI is InChI=1S/C22H21NO5S/c1-15-6-8-16(9-7-15)13-23(18-10-11-29(26,27)14-18)21(24)19-12-17-4-2-3-5-20(17)28-22(19)25/h2-9,12,18H,10-11,13-14H2,1H3/t18-/m0/s1. The van der Waals surface area contributed by atoms with Gasteiger partial charge in [-0.05, 0) is 31.0 Å². The van der Waals surface area contributed by atoms with E-state index in [1.54, 1.807) is 24.3 Å². The number of benzene rings is 2. The maximum atomic E-state index is 13.3. The molecule has 3 aromatic rings. The van der Waals surface area contributed by atoms with Crippen LogP contribution >= 0.6 is 0 Å². The molecule has 1 atom stereocenters. The van der Waals surface area contributed by atoms with Gasteiger partial charge in [-0.2, -0.15) is 0 Å². The third-order valence-corrected chi connectivity index (χ3v) is 7.01. The predicted octanol–water partition coefficient (Wildman–Crippen LogP) is 2.93. The SMILES string of the molecule is Cc1ccc(CN(C(=O)c2cc3ccccc3oc2=O)[C@H]2CCS(=O)(=O)C2)cc1. The van der Waals surface area contributed by atoms with Crippen LogP contribution in [0.4, 0.5) is 0 Å². The molecule has 2 heterocycles. The van der Waals surface area contributed by atoms with E-state index in [2.05, 4.69) is 0 Å². The number of hydrogen-bond acceptors (Lipinski definition) is 5. The Morgan fingerprint density at radius 3 is 2.55 bits per heavy atom. The van der Waals surface area contributed by atoms with E-state index in [1.807, 2.05) is 31.2 Å². The fourth-order valence-corrected chi connectivity index (χ4v) is 5.37. The van der Waals surface area contributed by atoms with Crippen molar-refractivity contribution in [3.05, 3.63) is 81.7 Å². The summed E-state index contributed by atoms with van der Waals surface area (Å²) in [6.45, 7) is 2.20. The smallest absolute Gasteiger partial charge is 0.349 e. The average Bonchev–Trinajstić information content (AvgIpc) is 3.06. The second-order valence-corrected chi connectivity index (χ2v) is 9.69. The zero-order valence-corrected chi connectivity index (χ0v) is 16.8. The zero-order valence-electron chi connectivity index (χ0n) is 16.0. The lowest BCUT2D eigenvalue weighted by Gasteiger charge is -2.28. The molecular formula is C22H21NO5S. The second-order valence-electron chi connectivity index (χ2n) is 7.46. The Hall–Kier alpha value is -2.93. The number of carbonyl (C=O) groups is 1. The monoisotopic (exact) mass is 411 g/mol. The van der Waals surface area contributed by atoms with Gasteiger partial charge in [0.25, 0.3) is 5.91 Å². The number of aryl methyl sites for hydroxylation is 1. The van der Waals surface area contributed by atoms with Crippen molar-refractivity contribution in [3.63, 3.8) is 0 Å². The van der Waals surface area contributed by atoms with E-state index < -0.39 is 27.4 Å². The summed E-state index contributed by atoms with van der Waals surface area (Å²) >= 11 is 0. The van der Waals surface area contributed by atoms with Gasteiger partial charge in [0.2, 0.25) is 0 Å². The Morgan fingerprint density at radius 2 is 1.86 bits per heavy atom. The number of carbonyl (C=O) groups excluding carboxylic acids is 1. The number of fused-ring (bicyclic) bond motifs is 1. The van der Waals surface area contributed by atoms with E-state index in [1.165, 1.54) is 11.0 Å². The number of rotatable bonds is 4. The van der Waals surface area contributed by atoms with Crippen molar-refractivity contribution >= 4 is 26.7 Å². The number of para-hydroxylation sites is 1. The lowest BCUT2D eigenvalue weighted by Crippen LogP contribution is -2.42. The molecule has 0 bridgehead atoms. The van der Waals surface area contributed by atoms with E-state index in [9.17, 15) is 18.0 Å². The van der Waals surface area contributed by atoms with E-state index in [0.717, 1.165) is 11.1 Å². The minimum atomic E-state index is -3.20. The van der Waals surface area contributed by atoms with E-state index in [0.29, 0.717) is 17.4 Å². The molecule has 1 amide bonds. The topological polar surface area (TPSA) is 84.7 Å². The maximum absolute atomic E-state index is 13.3. The molecule has 0 aliphatic carbocycles. The third-order valence-electron chi connectivity index (χ3n) is 5.26. The highest BCUT2D eigenvalue weighted by Crippen LogP contribution is 2.23. The van der Waals surface area contributed by atoms with Crippen molar-refractivity contribution in [3.8, 4) is 0 Å². The lowest BCUT2D eigenvalue weighted by molar-refractivity contribution is 0.0676. The zero-order chi connectivity index (χ0) is 20.6. The fraction of sp³-hybridized carbons (Fsp3) is 0.273. The molecule has 7 heteroatoms. The molecular weight excluding hydrogens is 390 g/mol. The van der Waals surface area contributed by atoms with Crippen molar-refractivity contribution in [2.24, 2.45) is 0 Å². The molecule has 0 spiro atoms. The van der Waals surface area contributed by atoms with Gasteiger partial charge in [-0.25, -0.2) is 13.2 Å². The minimum Gasteiger partial charge on any atom is -0.422 e. The molecule has 1 aliphatic heterocycles.